The number of allylic oxidation sites excluding steroid dienone is 4. The first kappa shape index (κ1) is 13.8. The molecule has 0 nitrogen and oxygen atoms in total. The summed E-state index contributed by atoms with van der Waals surface area (Å²) in [6, 6.07) is 15.3. The molecule has 0 aromatic heterocycles. The summed E-state index contributed by atoms with van der Waals surface area (Å²) >= 11 is -1.70. The van der Waals surface area contributed by atoms with Crippen molar-refractivity contribution in [3.05, 3.63) is 66.3 Å². The van der Waals surface area contributed by atoms with E-state index in [9.17, 15) is 0 Å². The van der Waals surface area contributed by atoms with Crippen LogP contribution >= 0.6 is 0 Å². The van der Waals surface area contributed by atoms with Gasteiger partial charge < -0.3 is 0 Å². The van der Waals surface area contributed by atoms with Crippen LogP contribution in [0.15, 0.2) is 60.7 Å². The summed E-state index contributed by atoms with van der Waals surface area (Å²) < 4.78 is 0.305. The summed E-state index contributed by atoms with van der Waals surface area (Å²) in [5.74, 6) is 0. The average Bonchev–Trinajstić information content (AvgIpc) is 2.81. The molecule has 0 radical (unpaired) electrons. The van der Waals surface area contributed by atoms with Crippen molar-refractivity contribution >= 4 is 16.3 Å². The zero-order chi connectivity index (χ0) is 14.4. The molecule has 0 saturated carbocycles. The van der Waals surface area contributed by atoms with Crippen molar-refractivity contribution in [2.24, 2.45) is 0 Å². The van der Waals surface area contributed by atoms with Gasteiger partial charge in [0.05, 0.1) is 0 Å². The van der Waals surface area contributed by atoms with Crippen LogP contribution in [0.25, 0.3) is 16.3 Å². The van der Waals surface area contributed by atoms with Crippen LogP contribution in [0.5, 0.6) is 0 Å². The van der Waals surface area contributed by atoms with Crippen molar-refractivity contribution in [1.29, 1.82) is 0 Å². The Bertz CT molecular complexity index is 711. The van der Waals surface area contributed by atoms with E-state index in [1.54, 1.807) is 0 Å². The fourth-order valence-electron chi connectivity index (χ4n) is 2.58. The van der Waals surface area contributed by atoms with Crippen LogP contribution in [0.3, 0.4) is 0 Å². The molecule has 1 unspecified atom stereocenters. The molecule has 1 aliphatic rings. The van der Waals surface area contributed by atoms with Crippen LogP contribution in [-0.2, 0) is 16.1 Å². The summed E-state index contributed by atoms with van der Waals surface area (Å²) in [7, 11) is 0. The minimum absolute atomic E-state index is 0.305. The number of benzene rings is 2. The Morgan fingerprint density at radius 2 is 1.60 bits per heavy atom. The molecular weight excluding hydrogens is 423 g/mol. The second kappa shape index (κ2) is 4.71. The summed E-state index contributed by atoms with van der Waals surface area (Å²) in [6.45, 7) is 2.40. The van der Waals surface area contributed by atoms with Crippen molar-refractivity contribution < 1.29 is 16.1 Å². The molecule has 0 saturated heterocycles. The summed E-state index contributed by atoms with van der Waals surface area (Å²) in [4.78, 5) is 0. The first-order valence-electron chi connectivity index (χ1n) is 6.67. The van der Waals surface area contributed by atoms with Gasteiger partial charge in [0, 0.05) is 0 Å². The third-order valence-corrected chi connectivity index (χ3v) is 12.2. The molecule has 0 amide bonds. The van der Waals surface area contributed by atoms with E-state index >= 15 is 0 Å². The van der Waals surface area contributed by atoms with Gasteiger partial charge in [-0.15, -0.1) is 0 Å². The van der Waals surface area contributed by atoms with E-state index < -0.39 is 16.1 Å². The Hall–Kier alpha value is -1.13. The molecule has 2 aromatic rings. The molecule has 1 aliphatic carbocycles. The number of hydrogen-bond acceptors (Lipinski definition) is 0. The van der Waals surface area contributed by atoms with E-state index in [0.717, 1.165) is 0 Å². The van der Waals surface area contributed by atoms with Gasteiger partial charge in [-0.2, -0.15) is 0 Å². The fraction of sp³-hybridized carbons (Fsp3) is 0.263. The monoisotopic (exact) mass is 445 g/mol. The summed E-state index contributed by atoms with van der Waals surface area (Å²) in [6.07, 6.45) is 7.27. The normalized spacial score (nSPS) is 23.1. The van der Waals surface area contributed by atoms with Gasteiger partial charge in [-0.25, -0.2) is 0 Å². The topological polar surface area (TPSA) is 0 Å². The second-order valence-electron chi connectivity index (χ2n) is 5.97. The van der Waals surface area contributed by atoms with Crippen molar-refractivity contribution in [2.45, 2.75) is 26.7 Å². The van der Waals surface area contributed by atoms with E-state index in [-0.39, 0.29) is 0 Å². The summed E-state index contributed by atoms with van der Waals surface area (Å²) in [5.41, 5.74) is 2.76. The Morgan fingerprint density at radius 1 is 0.900 bits per heavy atom. The quantitative estimate of drug-likeness (QED) is 0.511. The molecule has 1 atom stereocenters. The standard InChI is InChI=1S/C16H13.3CH3.Pt/c1-12-9-10-14(11-12)16-8-4-6-13-5-2-3-7-15(13)16;;;;/h2-11H,1H3;3*1H3;. The van der Waals surface area contributed by atoms with Crippen molar-refractivity contribution in [3.63, 3.8) is 0 Å². The van der Waals surface area contributed by atoms with Crippen molar-refractivity contribution in [3.8, 4) is 0 Å². The first-order valence-corrected chi connectivity index (χ1v) is 14.6. The van der Waals surface area contributed by atoms with Gasteiger partial charge in [-0.05, 0) is 0 Å². The predicted molar refractivity (Wildman–Crippen MR) is 87.0 cm³/mol. The molecule has 108 valence electrons. The van der Waals surface area contributed by atoms with Crippen LogP contribution < -0.4 is 0 Å². The van der Waals surface area contributed by atoms with Crippen LogP contribution in [0.2, 0.25) is 19.7 Å². The molecule has 0 spiro atoms. The Morgan fingerprint density at radius 3 is 2.30 bits per heavy atom. The SMILES string of the molecule is C[C]1([Pt]([CH3])([CH3])[CH3])C=CC(c2cccc3ccccc23)=C1. The van der Waals surface area contributed by atoms with Gasteiger partial charge in [-0.1, -0.05) is 0 Å². The van der Waals surface area contributed by atoms with Crippen LogP contribution in [0.4, 0.5) is 0 Å². The number of hydrogen-bond donors (Lipinski definition) is 0. The van der Waals surface area contributed by atoms with Gasteiger partial charge in [0.1, 0.15) is 0 Å². The van der Waals surface area contributed by atoms with Crippen LogP contribution in [0, 0.1) is 0 Å². The van der Waals surface area contributed by atoms with Gasteiger partial charge >= 0.3 is 125 Å². The zero-order valence-corrected chi connectivity index (χ0v) is 14.9. The third kappa shape index (κ3) is 2.21. The van der Waals surface area contributed by atoms with Gasteiger partial charge in [-0.3, -0.25) is 0 Å². The molecule has 2 aromatic carbocycles. The molecule has 0 N–H and O–H groups in total. The number of fused-ring (bicyclic) bond motifs is 1. The molecule has 0 bridgehead atoms. The van der Waals surface area contributed by atoms with Crippen LogP contribution in [-0.4, -0.2) is 0 Å². The average molecular weight is 445 g/mol. The molecule has 20 heavy (non-hydrogen) atoms. The predicted octanol–water partition coefficient (Wildman–Crippen LogP) is 6.27. The zero-order valence-electron chi connectivity index (χ0n) is 12.6. The van der Waals surface area contributed by atoms with Gasteiger partial charge in [0.25, 0.3) is 0 Å². The van der Waals surface area contributed by atoms with E-state index in [0.29, 0.717) is 3.80 Å². The molecule has 0 heterocycles. The molecule has 0 fully saturated rings. The van der Waals surface area contributed by atoms with E-state index in [1.807, 2.05) is 0 Å². The Kier molecular flexibility index (Phi) is 3.26. The molecule has 1 heteroatoms. The fourth-order valence-corrected chi connectivity index (χ4v) is 5.24. The summed E-state index contributed by atoms with van der Waals surface area (Å²) in [5, 5.41) is 10.1. The van der Waals surface area contributed by atoms with E-state index in [2.05, 4.69) is 83.6 Å². The third-order valence-electron chi connectivity index (χ3n) is 4.13. The molecule has 3 rings (SSSR count). The van der Waals surface area contributed by atoms with E-state index in [4.69, 9.17) is 0 Å². The Labute approximate surface area is 125 Å². The van der Waals surface area contributed by atoms with Crippen molar-refractivity contribution in [2.75, 3.05) is 0 Å². The van der Waals surface area contributed by atoms with Gasteiger partial charge in [0.2, 0.25) is 0 Å². The Balaban J connectivity index is 2.15. The number of rotatable bonds is 2. The van der Waals surface area contributed by atoms with Crippen molar-refractivity contribution in [1.82, 2.24) is 0 Å². The van der Waals surface area contributed by atoms with E-state index in [1.165, 1.54) is 21.9 Å². The van der Waals surface area contributed by atoms with Crippen LogP contribution in [0.1, 0.15) is 12.5 Å². The van der Waals surface area contributed by atoms with Gasteiger partial charge in [0.15, 0.2) is 0 Å². The maximum absolute atomic E-state index is 2.51. The molecular formula is C19H22Pt. The molecule has 0 aliphatic heterocycles. The first-order chi connectivity index (χ1) is 9.41. The maximum atomic E-state index is 2.51. The second-order valence-corrected chi connectivity index (χ2v) is 18.6. The minimum atomic E-state index is -1.70.